The highest BCUT2D eigenvalue weighted by Gasteiger charge is 2.25. The summed E-state index contributed by atoms with van der Waals surface area (Å²) in [6.45, 7) is 5.34. The van der Waals surface area contributed by atoms with Gasteiger partial charge in [-0.1, -0.05) is 77.3 Å². The number of amides is 3. The number of benzene rings is 3. The van der Waals surface area contributed by atoms with Gasteiger partial charge in [-0.05, 0) is 104 Å². The molecule has 3 amide bonds. The van der Waals surface area contributed by atoms with Crippen LogP contribution in [-0.2, 0) is 64.1 Å². The second-order valence-corrected chi connectivity index (χ2v) is 15.7. The van der Waals surface area contributed by atoms with Crippen LogP contribution in [0.1, 0.15) is 55.2 Å². The summed E-state index contributed by atoms with van der Waals surface area (Å²) in [4.78, 5) is 70.1. The van der Waals surface area contributed by atoms with Gasteiger partial charge in [-0.2, -0.15) is 0 Å². The van der Waals surface area contributed by atoms with Gasteiger partial charge >= 0.3 is 17.9 Å². The Morgan fingerprint density at radius 2 is 1.05 bits per heavy atom. The summed E-state index contributed by atoms with van der Waals surface area (Å²) in [5.74, 6) is -2.17. The zero-order chi connectivity index (χ0) is 42.6. The molecule has 0 aliphatic heterocycles. The van der Waals surface area contributed by atoms with Gasteiger partial charge in [0.05, 0.1) is 25.9 Å². The predicted molar refractivity (Wildman–Crippen MR) is 224 cm³/mol. The Bertz CT molecular complexity index is 1990. The fraction of sp³-hybridized carbons (Fsp3) is 0.333. The van der Waals surface area contributed by atoms with Crippen molar-refractivity contribution in [2.45, 2.75) is 77.6 Å². The first kappa shape index (κ1) is 47.4. The molecule has 0 spiro atoms. The van der Waals surface area contributed by atoms with Crippen molar-refractivity contribution in [3.05, 3.63) is 127 Å². The molecule has 0 radical (unpaired) electrons. The minimum absolute atomic E-state index is 0.123. The van der Waals surface area contributed by atoms with Crippen LogP contribution >= 0.6 is 46.1 Å². The third-order valence-corrected chi connectivity index (χ3v) is 9.62. The number of carboxylic acids is 1. The monoisotopic (exact) mass is 873 g/mol. The number of rotatable bonds is 16. The topological polar surface area (TPSA) is 177 Å². The lowest BCUT2D eigenvalue weighted by Gasteiger charge is -2.13. The number of halogens is 3. The standard InChI is InChI=1S/C16H16ClNO3S.C15H18ClNO3.C11H12ClNO3/c1-11(16(20)21-10-14-6-3-7-22-14)18-15(19)9-12-4-2-5-13(17)8-12;1-10(15(19)20-9-11-5-6-11)17-14(18)8-12-3-2-4-13(16)7-12;1-7(11(15)16)13-10(14)6-8-3-2-4-9(12)5-8/h2-8,11H,9-10H2,1H3,(H,18,19);2-4,7,10-11H,5-6,8-9H2,1H3,(H,17,18);2-5,7H,6H2,1H3,(H,13,14)(H,15,16). The van der Waals surface area contributed by atoms with Crippen molar-refractivity contribution in [1.29, 1.82) is 0 Å². The number of carbonyl (C=O) groups is 6. The molecule has 12 nitrogen and oxygen atoms in total. The molecule has 4 N–H and O–H groups in total. The molecule has 1 saturated carbocycles. The van der Waals surface area contributed by atoms with E-state index in [2.05, 4.69) is 16.0 Å². The van der Waals surface area contributed by atoms with E-state index >= 15 is 0 Å². The molecule has 1 fully saturated rings. The van der Waals surface area contributed by atoms with Crippen LogP contribution < -0.4 is 16.0 Å². The molecule has 0 bridgehead atoms. The van der Waals surface area contributed by atoms with Crippen molar-refractivity contribution >= 4 is 81.8 Å². The van der Waals surface area contributed by atoms with Crippen LogP contribution in [-0.4, -0.2) is 65.5 Å². The van der Waals surface area contributed by atoms with Gasteiger partial charge in [0, 0.05) is 19.9 Å². The Morgan fingerprint density at radius 3 is 1.41 bits per heavy atom. The Kier molecular flexibility index (Phi) is 20.2. The molecule has 0 saturated heterocycles. The molecule has 3 unspecified atom stereocenters. The first-order valence-corrected chi connectivity index (χ1v) is 20.3. The molecule has 1 aliphatic carbocycles. The quantitative estimate of drug-likeness (QED) is 0.0864. The third-order valence-electron chi connectivity index (χ3n) is 8.07. The average molecular weight is 875 g/mol. The normalized spacial score (nSPS) is 13.1. The number of ether oxygens (including phenoxy) is 2. The second kappa shape index (κ2) is 24.7. The van der Waals surface area contributed by atoms with E-state index in [4.69, 9.17) is 49.4 Å². The maximum atomic E-state index is 11.9. The third kappa shape index (κ3) is 19.5. The lowest BCUT2D eigenvalue weighted by Crippen LogP contribution is -2.40. The van der Waals surface area contributed by atoms with E-state index in [-0.39, 0.29) is 49.6 Å². The summed E-state index contributed by atoms with van der Waals surface area (Å²) >= 11 is 19.0. The van der Waals surface area contributed by atoms with E-state index in [0.717, 1.165) is 34.4 Å². The van der Waals surface area contributed by atoms with Crippen LogP contribution in [0.4, 0.5) is 0 Å². The summed E-state index contributed by atoms with van der Waals surface area (Å²) < 4.78 is 10.3. The lowest BCUT2D eigenvalue weighted by molar-refractivity contribution is -0.148. The Labute approximate surface area is 356 Å². The molecule has 58 heavy (non-hydrogen) atoms. The molecular weight excluding hydrogens is 829 g/mol. The molecule has 5 rings (SSSR count). The fourth-order valence-corrected chi connectivity index (χ4v) is 6.08. The van der Waals surface area contributed by atoms with E-state index in [0.29, 0.717) is 27.6 Å². The van der Waals surface area contributed by atoms with E-state index in [9.17, 15) is 28.8 Å². The van der Waals surface area contributed by atoms with Gasteiger partial charge in [-0.15, -0.1) is 11.3 Å². The highest BCUT2D eigenvalue weighted by Crippen LogP contribution is 2.28. The number of esters is 2. The van der Waals surface area contributed by atoms with Crippen molar-refractivity contribution in [3.8, 4) is 0 Å². The van der Waals surface area contributed by atoms with E-state index in [1.165, 1.54) is 18.3 Å². The molecule has 310 valence electrons. The van der Waals surface area contributed by atoms with Crippen LogP contribution in [0.15, 0.2) is 90.3 Å². The molecule has 1 aliphatic rings. The van der Waals surface area contributed by atoms with Crippen LogP contribution in [0.3, 0.4) is 0 Å². The molecule has 4 aromatic rings. The van der Waals surface area contributed by atoms with E-state index < -0.39 is 30.1 Å². The van der Waals surface area contributed by atoms with Gasteiger partial charge in [0.1, 0.15) is 24.7 Å². The zero-order valence-electron chi connectivity index (χ0n) is 32.2. The van der Waals surface area contributed by atoms with Crippen molar-refractivity contribution in [3.63, 3.8) is 0 Å². The van der Waals surface area contributed by atoms with Gasteiger partial charge in [0.25, 0.3) is 0 Å². The molecule has 1 heterocycles. The Hall–Kier alpha value is -4.95. The Balaban J connectivity index is 0.000000236. The predicted octanol–water partition coefficient (Wildman–Crippen LogP) is 7.00. The highest BCUT2D eigenvalue weighted by atomic mass is 35.5. The molecule has 16 heteroatoms. The minimum Gasteiger partial charge on any atom is -0.480 e. The summed E-state index contributed by atoms with van der Waals surface area (Å²) in [7, 11) is 0. The highest BCUT2D eigenvalue weighted by molar-refractivity contribution is 7.09. The summed E-state index contributed by atoms with van der Waals surface area (Å²) in [6.07, 6.45) is 2.74. The fourth-order valence-electron chi connectivity index (χ4n) is 4.83. The summed E-state index contributed by atoms with van der Waals surface area (Å²) in [6, 6.07) is 22.6. The Morgan fingerprint density at radius 1 is 0.638 bits per heavy atom. The van der Waals surface area contributed by atoms with Gasteiger partial charge < -0.3 is 30.5 Å². The molecule has 3 atom stereocenters. The maximum absolute atomic E-state index is 11.9. The number of thiophene rings is 1. The molecular formula is C42H46Cl3N3O9S. The average Bonchev–Trinajstić information content (AvgIpc) is 3.84. The number of aliphatic carboxylic acids is 1. The number of carbonyl (C=O) groups excluding carboxylic acids is 5. The smallest absolute Gasteiger partial charge is 0.328 e. The first-order chi connectivity index (χ1) is 27.6. The van der Waals surface area contributed by atoms with Crippen molar-refractivity contribution in [2.75, 3.05) is 6.61 Å². The summed E-state index contributed by atoms with van der Waals surface area (Å²) in [5, 5.41) is 19.9. The van der Waals surface area contributed by atoms with Crippen molar-refractivity contribution in [2.24, 2.45) is 5.92 Å². The van der Waals surface area contributed by atoms with Gasteiger partial charge in [0.15, 0.2) is 0 Å². The summed E-state index contributed by atoms with van der Waals surface area (Å²) in [5.41, 5.74) is 2.36. The van der Waals surface area contributed by atoms with Gasteiger partial charge in [-0.25, -0.2) is 9.59 Å². The van der Waals surface area contributed by atoms with Crippen molar-refractivity contribution in [1.82, 2.24) is 16.0 Å². The van der Waals surface area contributed by atoms with Crippen LogP contribution in [0.25, 0.3) is 0 Å². The number of hydrogen-bond donors (Lipinski definition) is 4. The second-order valence-electron chi connectivity index (χ2n) is 13.4. The lowest BCUT2D eigenvalue weighted by atomic mass is 10.1. The largest absolute Gasteiger partial charge is 0.480 e. The van der Waals surface area contributed by atoms with Crippen LogP contribution in [0.2, 0.25) is 15.1 Å². The number of carboxylic acid groups (broad SMARTS) is 1. The first-order valence-electron chi connectivity index (χ1n) is 18.3. The van der Waals surface area contributed by atoms with Gasteiger partial charge in [0.2, 0.25) is 17.7 Å². The molecule has 3 aromatic carbocycles. The molecule has 1 aromatic heterocycles. The van der Waals surface area contributed by atoms with E-state index in [1.54, 1.807) is 74.5 Å². The van der Waals surface area contributed by atoms with Crippen molar-refractivity contribution < 1.29 is 43.3 Å². The minimum atomic E-state index is -1.06. The van der Waals surface area contributed by atoms with E-state index in [1.807, 2.05) is 29.6 Å². The van der Waals surface area contributed by atoms with Crippen LogP contribution in [0.5, 0.6) is 0 Å². The number of nitrogens with one attached hydrogen (secondary N) is 3. The zero-order valence-corrected chi connectivity index (χ0v) is 35.3. The van der Waals surface area contributed by atoms with Gasteiger partial charge in [-0.3, -0.25) is 19.2 Å². The number of hydrogen-bond acceptors (Lipinski definition) is 9. The maximum Gasteiger partial charge on any atom is 0.328 e. The van der Waals surface area contributed by atoms with Crippen LogP contribution in [0, 0.1) is 5.92 Å². The SMILES string of the molecule is CC(NC(=O)Cc1cccc(Cl)c1)C(=O)O.CC(NC(=O)Cc1cccc(Cl)c1)C(=O)OCC1CC1.CC(NC(=O)Cc1cccc(Cl)c1)C(=O)OCc1cccs1.